The normalized spacial score (nSPS) is 17.3. The molecule has 0 spiro atoms. The van der Waals surface area contributed by atoms with Crippen LogP contribution in [-0.4, -0.2) is 31.3 Å². The minimum atomic E-state index is -0.977. The molecular formula is C22H29N5O2. The number of nitrogens with one attached hydrogen (secondary N) is 2. The van der Waals surface area contributed by atoms with Gasteiger partial charge < -0.3 is 15.5 Å². The van der Waals surface area contributed by atoms with Crippen LogP contribution in [0.15, 0.2) is 42.6 Å². The topological polar surface area (TPSA) is 95.2 Å². The van der Waals surface area contributed by atoms with Crippen molar-refractivity contribution in [1.82, 2.24) is 20.1 Å². The number of nitrogens with zero attached hydrogens (tertiary/aromatic N) is 3. The van der Waals surface area contributed by atoms with Crippen LogP contribution in [0.4, 0.5) is 5.82 Å². The first-order valence-corrected chi connectivity index (χ1v) is 10.4. The quantitative estimate of drug-likeness (QED) is 0.458. The number of hydrogen-bond acceptors (Lipinski definition) is 6. The lowest BCUT2D eigenvalue weighted by molar-refractivity contribution is 0.151. The van der Waals surface area contributed by atoms with Gasteiger partial charge in [-0.05, 0) is 31.4 Å². The van der Waals surface area contributed by atoms with Gasteiger partial charge in [0.15, 0.2) is 6.35 Å². The van der Waals surface area contributed by atoms with Crippen molar-refractivity contribution in [3.05, 3.63) is 53.9 Å². The van der Waals surface area contributed by atoms with E-state index in [-0.39, 0.29) is 12.6 Å². The van der Waals surface area contributed by atoms with E-state index in [0.29, 0.717) is 17.6 Å². The van der Waals surface area contributed by atoms with Crippen LogP contribution in [0.5, 0.6) is 0 Å². The van der Waals surface area contributed by atoms with Gasteiger partial charge in [0.25, 0.3) is 0 Å². The van der Waals surface area contributed by atoms with Crippen LogP contribution < -0.4 is 10.6 Å². The van der Waals surface area contributed by atoms with Gasteiger partial charge in [-0.25, -0.2) is 4.98 Å². The van der Waals surface area contributed by atoms with Crippen molar-refractivity contribution >= 4 is 16.7 Å². The molecule has 1 saturated carbocycles. The van der Waals surface area contributed by atoms with E-state index in [1.165, 1.54) is 19.3 Å². The SMILES string of the molecule is C[C@@H](NC(O)Nc1cc2cnn(C3CCCCC3)c2c(CO)n1)c1ccccc1. The van der Waals surface area contributed by atoms with E-state index < -0.39 is 6.35 Å². The molecule has 0 amide bonds. The largest absolute Gasteiger partial charge is 0.390 e. The van der Waals surface area contributed by atoms with Gasteiger partial charge in [0.2, 0.25) is 0 Å². The fourth-order valence-corrected chi connectivity index (χ4v) is 4.20. The van der Waals surface area contributed by atoms with Crippen LogP contribution in [0.2, 0.25) is 0 Å². The third kappa shape index (κ3) is 4.42. The summed E-state index contributed by atoms with van der Waals surface area (Å²) in [6.07, 6.45) is 6.78. The Morgan fingerprint density at radius 2 is 1.93 bits per heavy atom. The van der Waals surface area contributed by atoms with E-state index >= 15 is 0 Å². The average Bonchev–Trinajstić information content (AvgIpc) is 3.18. The standard InChI is InChI=1S/C22H29N5O2/c1-15(16-8-4-2-5-9-16)24-22(29)26-20-12-17-13-23-27(18-10-6-3-7-11-18)21(17)19(14-28)25-20/h2,4-5,8-9,12-13,15,18,22,24,28-29H,3,6-7,10-11,14H2,1H3,(H,25,26)/t15-,22?/m1/s1. The number of rotatable bonds is 7. The summed E-state index contributed by atoms with van der Waals surface area (Å²) < 4.78 is 2.03. The smallest absolute Gasteiger partial charge is 0.183 e. The van der Waals surface area contributed by atoms with Gasteiger partial charge in [-0.2, -0.15) is 5.10 Å². The molecule has 0 saturated heterocycles. The van der Waals surface area contributed by atoms with Gasteiger partial charge in [0.05, 0.1) is 30.1 Å². The van der Waals surface area contributed by atoms with Crippen molar-refractivity contribution in [1.29, 1.82) is 0 Å². The molecule has 0 aliphatic heterocycles. The summed E-state index contributed by atoms with van der Waals surface area (Å²) in [6.45, 7) is 1.82. The molecule has 1 aliphatic rings. The van der Waals surface area contributed by atoms with E-state index in [4.69, 9.17) is 0 Å². The van der Waals surface area contributed by atoms with Gasteiger partial charge in [-0.3, -0.25) is 10.00 Å². The fourth-order valence-electron chi connectivity index (χ4n) is 4.20. The second-order valence-corrected chi connectivity index (χ2v) is 7.78. The summed E-state index contributed by atoms with van der Waals surface area (Å²) >= 11 is 0. The maximum absolute atomic E-state index is 10.4. The lowest BCUT2D eigenvalue weighted by Crippen LogP contribution is -2.38. The van der Waals surface area contributed by atoms with Crippen LogP contribution in [0.25, 0.3) is 10.9 Å². The van der Waals surface area contributed by atoms with E-state index in [2.05, 4.69) is 20.7 Å². The second-order valence-electron chi connectivity index (χ2n) is 7.78. The fraction of sp³-hybridized carbons (Fsp3) is 0.455. The van der Waals surface area contributed by atoms with Gasteiger partial charge in [0, 0.05) is 11.4 Å². The van der Waals surface area contributed by atoms with Gasteiger partial charge in [-0.15, -0.1) is 0 Å². The summed E-state index contributed by atoms with van der Waals surface area (Å²) in [5, 5.41) is 32.0. The Labute approximate surface area is 170 Å². The monoisotopic (exact) mass is 395 g/mol. The Hall–Kier alpha value is -2.48. The molecule has 1 fully saturated rings. The van der Waals surface area contributed by atoms with Crippen molar-refractivity contribution in [2.24, 2.45) is 0 Å². The summed E-state index contributed by atoms with van der Waals surface area (Å²) in [4.78, 5) is 4.55. The van der Waals surface area contributed by atoms with Crippen molar-refractivity contribution in [2.45, 2.75) is 64.1 Å². The molecule has 29 heavy (non-hydrogen) atoms. The average molecular weight is 396 g/mol. The molecule has 4 rings (SSSR count). The highest BCUT2D eigenvalue weighted by molar-refractivity contribution is 5.83. The number of pyridine rings is 1. The second kappa shape index (κ2) is 8.90. The molecule has 2 aromatic heterocycles. The van der Waals surface area contributed by atoms with Crippen molar-refractivity contribution in [2.75, 3.05) is 5.32 Å². The first kappa shape index (κ1) is 19.8. The molecule has 2 atom stereocenters. The number of aliphatic hydroxyl groups is 2. The maximum Gasteiger partial charge on any atom is 0.183 e. The lowest BCUT2D eigenvalue weighted by atomic mass is 9.95. The molecule has 0 radical (unpaired) electrons. The zero-order chi connectivity index (χ0) is 20.2. The van der Waals surface area contributed by atoms with Crippen molar-refractivity contribution < 1.29 is 10.2 Å². The number of benzene rings is 1. The third-order valence-corrected chi connectivity index (χ3v) is 5.71. The number of hydrogen-bond donors (Lipinski definition) is 4. The number of aromatic nitrogens is 3. The molecule has 0 bridgehead atoms. The molecular weight excluding hydrogens is 366 g/mol. The van der Waals surface area contributed by atoms with Gasteiger partial charge in [-0.1, -0.05) is 49.6 Å². The Kier molecular flexibility index (Phi) is 6.08. The lowest BCUT2D eigenvalue weighted by Gasteiger charge is -2.23. The van der Waals surface area contributed by atoms with Crippen LogP contribution in [0.1, 0.15) is 62.4 Å². The molecule has 2 heterocycles. The summed E-state index contributed by atoms with van der Waals surface area (Å²) in [5.74, 6) is 0.505. The third-order valence-electron chi connectivity index (χ3n) is 5.71. The highest BCUT2D eigenvalue weighted by Gasteiger charge is 2.21. The summed E-state index contributed by atoms with van der Waals surface area (Å²) in [7, 11) is 0. The number of fused-ring (bicyclic) bond motifs is 1. The molecule has 1 aliphatic carbocycles. The van der Waals surface area contributed by atoms with E-state index in [0.717, 1.165) is 29.3 Å². The number of aliphatic hydroxyl groups excluding tert-OH is 2. The van der Waals surface area contributed by atoms with Gasteiger partial charge >= 0.3 is 0 Å². The molecule has 7 nitrogen and oxygen atoms in total. The molecule has 4 N–H and O–H groups in total. The Balaban J connectivity index is 1.52. The molecule has 154 valence electrons. The highest BCUT2D eigenvalue weighted by Crippen LogP contribution is 2.32. The minimum absolute atomic E-state index is 0.0335. The predicted octanol–water partition coefficient (Wildman–Crippen LogP) is 3.47. The zero-order valence-corrected chi connectivity index (χ0v) is 16.8. The Bertz CT molecular complexity index is 937. The maximum atomic E-state index is 10.4. The Morgan fingerprint density at radius 1 is 1.17 bits per heavy atom. The van der Waals surface area contributed by atoms with Crippen LogP contribution in [-0.2, 0) is 6.61 Å². The minimum Gasteiger partial charge on any atom is -0.390 e. The molecule has 7 heteroatoms. The van der Waals surface area contributed by atoms with E-state index in [9.17, 15) is 10.2 Å². The highest BCUT2D eigenvalue weighted by atomic mass is 16.3. The van der Waals surface area contributed by atoms with Crippen LogP contribution in [0.3, 0.4) is 0 Å². The van der Waals surface area contributed by atoms with Crippen LogP contribution >= 0.6 is 0 Å². The Morgan fingerprint density at radius 3 is 2.66 bits per heavy atom. The first-order valence-electron chi connectivity index (χ1n) is 10.4. The predicted molar refractivity (Wildman–Crippen MR) is 113 cm³/mol. The zero-order valence-electron chi connectivity index (χ0n) is 16.8. The van der Waals surface area contributed by atoms with Crippen molar-refractivity contribution in [3.63, 3.8) is 0 Å². The molecule has 1 aromatic carbocycles. The van der Waals surface area contributed by atoms with Crippen LogP contribution in [0, 0.1) is 0 Å². The summed E-state index contributed by atoms with van der Waals surface area (Å²) in [6, 6.07) is 12.1. The molecule has 3 aromatic rings. The van der Waals surface area contributed by atoms with Gasteiger partial charge in [0.1, 0.15) is 5.82 Å². The first-order chi connectivity index (χ1) is 14.2. The number of anilines is 1. The molecule has 1 unspecified atom stereocenters. The van der Waals surface area contributed by atoms with E-state index in [1.807, 2.05) is 54.2 Å². The summed E-state index contributed by atoms with van der Waals surface area (Å²) in [5.41, 5.74) is 2.56. The van der Waals surface area contributed by atoms with E-state index in [1.54, 1.807) is 0 Å². The van der Waals surface area contributed by atoms with Crippen molar-refractivity contribution in [3.8, 4) is 0 Å².